The first-order valence-electron chi connectivity index (χ1n) is 18.1. The van der Waals surface area contributed by atoms with Crippen molar-refractivity contribution in [1.29, 1.82) is 0 Å². The molecule has 7 heteroatoms. The van der Waals surface area contributed by atoms with Gasteiger partial charge < -0.3 is 23.3 Å². The van der Waals surface area contributed by atoms with Gasteiger partial charge in [-0.2, -0.15) is 18.3 Å². The molecule has 6 aromatic carbocycles. The van der Waals surface area contributed by atoms with Crippen LogP contribution in [0, 0.1) is 25.7 Å². The molecule has 1 aliphatic rings. The first kappa shape index (κ1) is 27.0. The van der Waals surface area contributed by atoms with Crippen molar-refractivity contribution in [1.82, 2.24) is 13.8 Å². The van der Waals surface area contributed by atoms with E-state index in [1.54, 1.807) is 6.67 Å². The number of para-hydroxylation sites is 5. The van der Waals surface area contributed by atoms with Gasteiger partial charge in [0.1, 0.15) is 0 Å². The summed E-state index contributed by atoms with van der Waals surface area (Å²) in [4.78, 5) is 8.21. The van der Waals surface area contributed by atoms with E-state index < -0.39 is 6.98 Å². The summed E-state index contributed by atoms with van der Waals surface area (Å²) in [5.41, 5.74) is 8.94. The summed E-state index contributed by atoms with van der Waals surface area (Å²) >= 11 is 0. The molecule has 0 radical (unpaired) electrons. The van der Waals surface area contributed by atoms with E-state index in [0.29, 0.717) is 22.9 Å². The molecule has 4 aromatic heterocycles. The van der Waals surface area contributed by atoms with Gasteiger partial charge in [0.25, 0.3) is 0 Å². The molecule has 0 N–H and O–H groups in total. The minimum Gasteiger partial charge on any atom is -0.509 e. The Balaban J connectivity index is 0.00000361. The number of benzene rings is 6. The molecule has 51 heavy (non-hydrogen) atoms. The number of hydrogen-bond acceptors (Lipinski definition) is 4. The Hall–Kier alpha value is -5.84. The number of aromatic nitrogens is 3. The Morgan fingerprint density at radius 3 is 2.16 bits per heavy atom. The zero-order valence-electron chi connectivity index (χ0n) is 30.2. The van der Waals surface area contributed by atoms with Gasteiger partial charge in [-0.1, -0.05) is 79.2 Å². The second-order valence-electron chi connectivity index (χ2n) is 12.9. The van der Waals surface area contributed by atoms with Crippen molar-refractivity contribution in [3.05, 3.63) is 152 Å². The van der Waals surface area contributed by atoms with Crippen LogP contribution in [0.2, 0.25) is 0 Å². The largest absolute Gasteiger partial charge is 0.509 e. The molecular formula is C44H28N5OPt-3. The monoisotopic (exact) mass is 840 g/mol. The Labute approximate surface area is 312 Å². The maximum atomic E-state index is 8.12. The molecule has 6 nitrogen and oxygen atoms in total. The van der Waals surface area contributed by atoms with Crippen LogP contribution in [0.3, 0.4) is 0 Å². The van der Waals surface area contributed by atoms with Gasteiger partial charge in [0.15, 0.2) is 5.65 Å². The Morgan fingerprint density at radius 1 is 0.647 bits per heavy atom. The van der Waals surface area contributed by atoms with Crippen molar-refractivity contribution in [2.75, 3.05) is 16.8 Å². The molecule has 0 amide bonds. The van der Waals surface area contributed by atoms with Crippen LogP contribution in [0.5, 0.6) is 11.5 Å². The Bertz CT molecular complexity index is 3170. The molecule has 11 rings (SSSR count). The third-order valence-electron chi connectivity index (χ3n) is 9.96. The number of hydrogen-bond donors (Lipinski definition) is 0. The summed E-state index contributed by atoms with van der Waals surface area (Å²) < 4.78 is 35.5. The maximum Gasteiger partial charge on any atom is 0.160 e. The van der Waals surface area contributed by atoms with Crippen LogP contribution in [-0.2, 0) is 21.1 Å². The summed E-state index contributed by atoms with van der Waals surface area (Å²) in [6.45, 7) is 1.25. The fourth-order valence-corrected chi connectivity index (χ4v) is 7.95. The number of aryl methyl sites for hydroxylation is 1. The standard InChI is InChI=1S/C44H28N5O.Pt/c1-27-22-28(47-26-46(2)38-16-5-6-17-39(38)47)24-30(23-27)50-29-19-20-32-34-12-8-14-36-35-13-7-11-33-31-10-3-4-15-37(31)48(42(33)35)40-18-9-21-45-44(40)49(43(34)36)41(32)25-29;/h3-23,26H,1-2H3;/q-3;/i2D3;. The molecular weight excluding hydrogens is 810 g/mol. The van der Waals surface area contributed by atoms with Crippen LogP contribution in [0.4, 0.5) is 17.1 Å². The van der Waals surface area contributed by atoms with Crippen molar-refractivity contribution >= 4 is 82.6 Å². The predicted molar refractivity (Wildman–Crippen MR) is 204 cm³/mol. The van der Waals surface area contributed by atoms with Crippen LogP contribution in [0.15, 0.2) is 128 Å². The third-order valence-corrected chi connectivity index (χ3v) is 9.96. The average molecular weight is 841 g/mol. The number of fused-ring (bicyclic) bond motifs is 11. The van der Waals surface area contributed by atoms with E-state index >= 15 is 0 Å². The van der Waals surface area contributed by atoms with E-state index in [1.807, 2.05) is 66.6 Å². The van der Waals surface area contributed by atoms with Crippen molar-refractivity contribution in [2.24, 2.45) is 0 Å². The molecule has 0 saturated heterocycles. The molecule has 248 valence electrons. The van der Waals surface area contributed by atoms with Gasteiger partial charge in [0.2, 0.25) is 0 Å². The van der Waals surface area contributed by atoms with E-state index in [2.05, 4.69) is 93.7 Å². The van der Waals surface area contributed by atoms with Gasteiger partial charge in [-0.15, -0.1) is 41.4 Å². The summed E-state index contributed by atoms with van der Waals surface area (Å²) in [5.74, 6) is 1.02. The fraction of sp³-hybridized carbons (Fsp3) is 0.0455. The number of pyridine rings is 1. The van der Waals surface area contributed by atoms with E-state index in [4.69, 9.17) is 13.8 Å². The summed E-state index contributed by atoms with van der Waals surface area (Å²) in [7, 11) is 0. The van der Waals surface area contributed by atoms with Crippen LogP contribution < -0.4 is 14.5 Å². The fourth-order valence-electron chi connectivity index (χ4n) is 7.95. The molecule has 10 aromatic rings. The SMILES string of the molecule is [2H]C([2H])([2H])N1[CH-]N(c2[c-]c(Oc3[c-]c4c(cc3)c3cccc5c6cccc7c8ccccc8n(c8cccnc8n4c35)c76)cc(C)c2)c2ccccc21.[Pt]. The normalized spacial score (nSPS) is 14.1. The van der Waals surface area contributed by atoms with Gasteiger partial charge in [-0.05, 0) is 42.7 Å². The summed E-state index contributed by atoms with van der Waals surface area (Å²) in [6.07, 6.45) is 1.85. The Morgan fingerprint density at radius 2 is 1.33 bits per heavy atom. The van der Waals surface area contributed by atoms with Crippen LogP contribution in [-0.4, -0.2) is 20.8 Å². The predicted octanol–water partition coefficient (Wildman–Crippen LogP) is 10.8. The third kappa shape index (κ3) is 4.23. The van der Waals surface area contributed by atoms with Crippen LogP contribution in [0.1, 0.15) is 9.68 Å². The van der Waals surface area contributed by atoms with Crippen molar-refractivity contribution in [3.8, 4) is 11.5 Å². The molecule has 0 unspecified atom stereocenters. The molecule has 0 aliphatic carbocycles. The molecule has 0 atom stereocenters. The van der Waals surface area contributed by atoms with Crippen LogP contribution in [0.25, 0.3) is 65.5 Å². The van der Waals surface area contributed by atoms with Gasteiger partial charge >= 0.3 is 0 Å². The molecule has 5 heterocycles. The molecule has 0 saturated carbocycles. The number of nitrogens with zero attached hydrogens (tertiary/aromatic N) is 5. The van der Waals surface area contributed by atoms with E-state index in [1.165, 1.54) is 15.7 Å². The first-order chi connectivity index (χ1) is 25.8. The van der Waals surface area contributed by atoms with Gasteiger partial charge in [-0.3, -0.25) is 0 Å². The van der Waals surface area contributed by atoms with Crippen molar-refractivity contribution in [2.45, 2.75) is 6.92 Å². The van der Waals surface area contributed by atoms with Crippen molar-refractivity contribution in [3.63, 3.8) is 0 Å². The summed E-state index contributed by atoms with van der Waals surface area (Å²) in [6, 6.07) is 48.2. The molecule has 0 fully saturated rings. The average Bonchev–Trinajstić information content (AvgIpc) is 3.82. The van der Waals surface area contributed by atoms with Gasteiger partial charge in [0.05, 0.1) is 16.6 Å². The molecule has 1 aliphatic heterocycles. The minimum absolute atomic E-state index is 0. The zero-order chi connectivity index (χ0) is 35.6. The summed E-state index contributed by atoms with van der Waals surface area (Å²) in [5, 5.41) is 6.80. The molecule has 0 bridgehead atoms. The van der Waals surface area contributed by atoms with Crippen LogP contribution >= 0.6 is 0 Å². The first-order valence-corrected chi connectivity index (χ1v) is 16.6. The smallest absolute Gasteiger partial charge is 0.160 e. The van der Waals surface area contributed by atoms with E-state index in [-0.39, 0.29) is 21.1 Å². The number of anilines is 3. The number of rotatable bonds is 3. The van der Waals surface area contributed by atoms with Gasteiger partial charge in [-0.25, -0.2) is 4.98 Å². The van der Waals surface area contributed by atoms with E-state index in [9.17, 15) is 0 Å². The second-order valence-corrected chi connectivity index (χ2v) is 12.9. The Kier molecular flexibility index (Phi) is 5.86. The minimum atomic E-state index is -2.34. The molecule has 0 spiro atoms. The number of ether oxygens (including phenoxy) is 1. The quantitative estimate of drug-likeness (QED) is 0.166. The van der Waals surface area contributed by atoms with Crippen molar-refractivity contribution < 1.29 is 29.9 Å². The second kappa shape index (κ2) is 11.1. The van der Waals surface area contributed by atoms with Gasteiger partial charge in [0, 0.05) is 81.3 Å². The maximum absolute atomic E-state index is 8.12. The topological polar surface area (TPSA) is 37.4 Å². The van der Waals surface area contributed by atoms with E-state index in [0.717, 1.165) is 66.0 Å². The zero-order valence-corrected chi connectivity index (χ0v) is 29.4.